The molecule has 6 heteroatoms. The van der Waals surface area contributed by atoms with Crippen LogP contribution in [0.25, 0.3) is 0 Å². The van der Waals surface area contributed by atoms with Crippen LogP contribution in [0.1, 0.15) is 35.3 Å². The lowest BCUT2D eigenvalue weighted by Gasteiger charge is -2.18. The Morgan fingerprint density at radius 3 is 2.58 bits per heavy atom. The van der Waals surface area contributed by atoms with Crippen LogP contribution in [0.5, 0.6) is 5.75 Å². The third-order valence-electron chi connectivity index (χ3n) is 4.37. The number of ether oxygens (including phenoxy) is 2. The molecule has 0 saturated heterocycles. The van der Waals surface area contributed by atoms with Gasteiger partial charge in [-0.2, -0.15) is 0 Å². The highest BCUT2D eigenvalue weighted by Gasteiger charge is 2.12. The number of amides is 2. The molecule has 0 aromatic heterocycles. The Balaban J connectivity index is 2.18. The van der Waals surface area contributed by atoms with Gasteiger partial charge in [-0.1, -0.05) is 18.2 Å². The first-order valence-corrected chi connectivity index (χ1v) is 8.47. The van der Waals surface area contributed by atoms with Gasteiger partial charge in [-0.25, -0.2) is 10.6 Å². The first kappa shape index (κ1) is 19.8. The van der Waals surface area contributed by atoms with Gasteiger partial charge < -0.3 is 14.8 Å². The topological polar surface area (TPSA) is 76.8 Å². The van der Waals surface area contributed by atoms with Gasteiger partial charge in [0.05, 0.1) is 6.10 Å². The van der Waals surface area contributed by atoms with E-state index in [0.29, 0.717) is 12.3 Å². The summed E-state index contributed by atoms with van der Waals surface area (Å²) in [6.45, 7) is 6.34. The first-order valence-electron chi connectivity index (χ1n) is 8.47. The number of hydrazine groups is 1. The van der Waals surface area contributed by atoms with Gasteiger partial charge in [0, 0.05) is 25.4 Å². The zero-order valence-electron chi connectivity index (χ0n) is 16.0. The van der Waals surface area contributed by atoms with Gasteiger partial charge in [0.2, 0.25) is 0 Å². The molecule has 140 valence electrons. The van der Waals surface area contributed by atoms with Crippen molar-refractivity contribution in [3.8, 4) is 5.75 Å². The molecule has 0 spiro atoms. The predicted octanol–water partition coefficient (Wildman–Crippen LogP) is 3.93. The van der Waals surface area contributed by atoms with Crippen LogP contribution in [0.3, 0.4) is 0 Å². The molecule has 0 saturated carbocycles. The fourth-order valence-electron chi connectivity index (χ4n) is 2.59. The molecule has 0 bridgehead atoms. The first-order chi connectivity index (χ1) is 12.3. The van der Waals surface area contributed by atoms with Crippen LogP contribution < -0.4 is 15.9 Å². The van der Waals surface area contributed by atoms with Gasteiger partial charge in [-0.05, 0) is 55.7 Å². The van der Waals surface area contributed by atoms with Gasteiger partial charge in [0.1, 0.15) is 12.4 Å². The van der Waals surface area contributed by atoms with Crippen molar-refractivity contribution in [2.45, 2.75) is 33.5 Å². The maximum atomic E-state index is 11.9. The average molecular weight is 357 g/mol. The summed E-state index contributed by atoms with van der Waals surface area (Å²) in [6, 6.07) is 11.3. The van der Waals surface area contributed by atoms with E-state index < -0.39 is 0 Å². The summed E-state index contributed by atoms with van der Waals surface area (Å²) in [5.74, 6) is 6.29. The zero-order valence-corrected chi connectivity index (χ0v) is 16.0. The minimum atomic E-state index is -0.383. The van der Waals surface area contributed by atoms with Gasteiger partial charge >= 0.3 is 6.03 Å². The molecule has 2 aromatic rings. The van der Waals surface area contributed by atoms with E-state index in [9.17, 15) is 4.79 Å². The van der Waals surface area contributed by atoms with Crippen LogP contribution in [0.2, 0.25) is 0 Å². The van der Waals surface area contributed by atoms with Crippen LogP contribution in [0.15, 0.2) is 36.4 Å². The number of carbonyl (C=O) groups excluding carboxylic acids is 1. The molecule has 6 nitrogen and oxygen atoms in total. The number of nitrogens with two attached hydrogens (primary N) is 1. The van der Waals surface area contributed by atoms with E-state index in [0.717, 1.165) is 33.0 Å². The predicted molar refractivity (Wildman–Crippen MR) is 103 cm³/mol. The van der Waals surface area contributed by atoms with Crippen molar-refractivity contribution in [1.82, 2.24) is 5.01 Å². The molecule has 0 radical (unpaired) electrons. The van der Waals surface area contributed by atoms with Gasteiger partial charge in [0.15, 0.2) is 0 Å². The Hall–Kier alpha value is -2.57. The van der Waals surface area contributed by atoms with Crippen molar-refractivity contribution in [3.05, 3.63) is 58.7 Å². The molecular weight excluding hydrogens is 330 g/mol. The summed E-state index contributed by atoms with van der Waals surface area (Å²) in [5, 5.41) is 3.81. The second-order valence-electron chi connectivity index (χ2n) is 6.33. The fourth-order valence-corrected chi connectivity index (χ4v) is 2.59. The summed E-state index contributed by atoms with van der Waals surface area (Å²) in [5.41, 5.74) is 4.77. The molecule has 0 aliphatic carbocycles. The maximum Gasteiger partial charge on any atom is 0.335 e. The summed E-state index contributed by atoms with van der Waals surface area (Å²) in [4.78, 5) is 11.9. The molecule has 3 N–H and O–H groups in total. The number of nitrogens with one attached hydrogen (secondary N) is 1. The lowest BCUT2D eigenvalue weighted by molar-refractivity contribution is 0.119. The van der Waals surface area contributed by atoms with E-state index >= 15 is 0 Å². The Morgan fingerprint density at radius 1 is 1.23 bits per heavy atom. The molecule has 0 heterocycles. The molecule has 2 amide bonds. The van der Waals surface area contributed by atoms with Crippen molar-refractivity contribution in [2.75, 3.05) is 19.5 Å². The monoisotopic (exact) mass is 357 g/mol. The van der Waals surface area contributed by atoms with Gasteiger partial charge in [-0.15, -0.1) is 0 Å². The van der Waals surface area contributed by atoms with Crippen LogP contribution in [0.4, 0.5) is 10.5 Å². The Labute approximate surface area is 154 Å². The third kappa shape index (κ3) is 4.74. The summed E-state index contributed by atoms with van der Waals surface area (Å²) >= 11 is 0. The second kappa shape index (κ2) is 8.69. The van der Waals surface area contributed by atoms with E-state index in [2.05, 4.69) is 11.4 Å². The molecule has 1 atom stereocenters. The number of methoxy groups -OCH3 is 1. The van der Waals surface area contributed by atoms with Gasteiger partial charge in [-0.3, -0.25) is 5.01 Å². The molecule has 0 aliphatic heterocycles. The van der Waals surface area contributed by atoms with E-state index in [4.69, 9.17) is 15.3 Å². The van der Waals surface area contributed by atoms with Gasteiger partial charge in [0.25, 0.3) is 0 Å². The van der Waals surface area contributed by atoms with E-state index in [-0.39, 0.29) is 12.1 Å². The number of aryl methyl sites for hydroxylation is 2. The van der Waals surface area contributed by atoms with E-state index in [1.807, 2.05) is 51.1 Å². The van der Waals surface area contributed by atoms with E-state index in [1.165, 1.54) is 7.05 Å². The van der Waals surface area contributed by atoms with Crippen LogP contribution in [-0.2, 0) is 11.3 Å². The van der Waals surface area contributed by atoms with Crippen molar-refractivity contribution >= 4 is 11.7 Å². The lowest BCUT2D eigenvalue weighted by Crippen LogP contribution is -2.37. The maximum absolute atomic E-state index is 11.9. The lowest BCUT2D eigenvalue weighted by atomic mass is 10.1. The summed E-state index contributed by atoms with van der Waals surface area (Å²) < 4.78 is 11.4. The Bertz CT molecular complexity index is 775. The molecule has 2 rings (SSSR count). The highest BCUT2D eigenvalue weighted by Crippen LogP contribution is 2.27. The largest absolute Gasteiger partial charge is 0.489 e. The zero-order chi connectivity index (χ0) is 19.3. The standard InChI is InChI=1S/C20H27N3O3/c1-13-7-6-8-18(22-20(24)23(4)21)17(13)12-26-19-10-9-16(11-14(19)2)15(3)25-5/h6-11,15H,12,21H2,1-5H3,(H,22,24). The highest BCUT2D eigenvalue weighted by molar-refractivity contribution is 5.89. The fraction of sp³-hybridized carbons (Fsp3) is 0.350. The second-order valence-corrected chi connectivity index (χ2v) is 6.33. The van der Waals surface area contributed by atoms with Crippen LogP contribution in [-0.4, -0.2) is 25.2 Å². The number of anilines is 1. The number of urea groups is 1. The molecule has 26 heavy (non-hydrogen) atoms. The van der Waals surface area contributed by atoms with Crippen molar-refractivity contribution in [2.24, 2.45) is 5.84 Å². The molecule has 1 unspecified atom stereocenters. The Kier molecular flexibility index (Phi) is 6.60. The number of carbonyl (C=O) groups is 1. The number of hydrogen-bond acceptors (Lipinski definition) is 4. The average Bonchev–Trinajstić information content (AvgIpc) is 2.61. The number of nitrogens with zero attached hydrogens (tertiary/aromatic N) is 1. The molecule has 0 fully saturated rings. The summed E-state index contributed by atoms with van der Waals surface area (Å²) in [7, 11) is 3.18. The van der Waals surface area contributed by atoms with Crippen molar-refractivity contribution < 1.29 is 14.3 Å². The van der Waals surface area contributed by atoms with Crippen LogP contribution in [0, 0.1) is 13.8 Å². The normalized spacial score (nSPS) is 11.8. The molecular formula is C20H27N3O3. The summed E-state index contributed by atoms with van der Waals surface area (Å²) in [6.07, 6.45) is 0.0363. The minimum Gasteiger partial charge on any atom is -0.489 e. The van der Waals surface area contributed by atoms with E-state index in [1.54, 1.807) is 7.11 Å². The quantitative estimate of drug-likeness (QED) is 0.467. The van der Waals surface area contributed by atoms with Crippen molar-refractivity contribution in [3.63, 3.8) is 0 Å². The SMILES string of the molecule is COC(C)c1ccc(OCc2c(C)cccc2NC(=O)N(C)N)c(C)c1. The molecule has 0 aliphatic rings. The molecule has 2 aromatic carbocycles. The number of rotatable bonds is 6. The van der Waals surface area contributed by atoms with Crippen LogP contribution >= 0.6 is 0 Å². The third-order valence-corrected chi connectivity index (χ3v) is 4.37. The number of hydrogen-bond donors (Lipinski definition) is 2. The number of benzene rings is 2. The van der Waals surface area contributed by atoms with Crippen molar-refractivity contribution in [1.29, 1.82) is 0 Å². The Morgan fingerprint density at radius 2 is 1.96 bits per heavy atom. The highest BCUT2D eigenvalue weighted by atomic mass is 16.5. The smallest absolute Gasteiger partial charge is 0.335 e. The minimum absolute atomic E-state index is 0.0363.